The number of hydrogen-bond donors (Lipinski definition) is 6. The second-order valence-corrected chi connectivity index (χ2v) is 9.90. The normalized spacial score (nSPS) is 15.8. The molecule has 240 valence electrons. The number of ether oxygens (including phenoxy) is 1. The number of pyridine rings is 1. The van der Waals surface area contributed by atoms with Gasteiger partial charge in [0.05, 0.1) is 18.7 Å². The maximum Gasteiger partial charge on any atom is 0.414 e. The predicted molar refractivity (Wildman–Crippen MR) is 156 cm³/mol. The number of aromatic nitrogens is 1. The second kappa shape index (κ2) is 20.1. The Hall–Kier alpha value is -3.85. The maximum atomic E-state index is 11.1. The number of unbranched alkanes of at least 4 members (excludes halogenated alkanes) is 4. The average molecular weight is 610 g/mol. The molecule has 1 aliphatic heterocycles. The number of methoxy groups -OCH3 is 1. The first kappa shape index (κ1) is 37.2. The lowest BCUT2D eigenvalue weighted by Crippen LogP contribution is -2.54. The molecule has 0 bridgehead atoms. The van der Waals surface area contributed by atoms with Crippen LogP contribution in [0.4, 0.5) is 0 Å². The van der Waals surface area contributed by atoms with Gasteiger partial charge in [-0.05, 0) is 49.2 Å². The summed E-state index contributed by atoms with van der Waals surface area (Å²) < 4.78 is 5.37. The Morgan fingerprint density at radius 3 is 2.14 bits per heavy atom. The monoisotopic (exact) mass is 609 g/mol. The van der Waals surface area contributed by atoms with Crippen LogP contribution in [-0.4, -0.2) is 122 Å². The number of hydrogen-bond acceptors (Lipinski definition) is 10. The number of piperazine rings is 1. The lowest BCUT2D eigenvalue weighted by Gasteiger charge is -2.42. The number of β-amino-alcohol motifs (C(OH)–C–C–N with tert-alkyl or cyclic N) is 1. The SMILES string of the molecule is CCCCCCCN1CCN(CC(O)c2ccnc3ccc(OC)cc23)[C@@H](CCO)C1.O=C(O)C(=O)O.O=C(O)C(=O)O. The summed E-state index contributed by atoms with van der Waals surface area (Å²) in [4.78, 5) is 45.7. The van der Waals surface area contributed by atoms with Crippen molar-refractivity contribution in [1.29, 1.82) is 0 Å². The predicted octanol–water partition coefficient (Wildman–Crippen LogP) is 1.93. The first-order valence-electron chi connectivity index (χ1n) is 14.0. The van der Waals surface area contributed by atoms with Gasteiger partial charge in [0.2, 0.25) is 0 Å². The van der Waals surface area contributed by atoms with Crippen LogP contribution in [-0.2, 0) is 19.2 Å². The van der Waals surface area contributed by atoms with Crippen molar-refractivity contribution in [2.24, 2.45) is 0 Å². The molecule has 43 heavy (non-hydrogen) atoms. The van der Waals surface area contributed by atoms with Crippen LogP contribution in [0, 0.1) is 0 Å². The van der Waals surface area contributed by atoms with Crippen molar-refractivity contribution in [2.75, 3.05) is 46.4 Å². The summed E-state index contributed by atoms with van der Waals surface area (Å²) in [6, 6.07) is 7.94. The highest BCUT2D eigenvalue weighted by Crippen LogP contribution is 2.28. The zero-order chi connectivity index (χ0) is 32.4. The maximum absolute atomic E-state index is 11.1. The molecule has 1 fully saturated rings. The Bertz CT molecular complexity index is 1130. The van der Waals surface area contributed by atoms with E-state index < -0.39 is 30.0 Å². The standard InChI is InChI=1S/C25H39N3O3.2C2H2O4/c1-3-4-5-6-7-13-27-14-15-28(20(18-27)11-16-29)19-25(30)22-10-12-26-24-9-8-21(31-2)17-23(22)24;2*3-1(4)2(5)6/h8-10,12,17,20,25,29-30H,3-7,11,13-16,18-19H2,1-2H3;2*(H,3,4)(H,5,6)/t20-,25?;;/m0../s1. The summed E-state index contributed by atoms with van der Waals surface area (Å²) in [5.74, 6) is -6.53. The van der Waals surface area contributed by atoms with E-state index in [1.807, 2.05) is 24.3 Å². The van der Waals surface area contributed by atoms with E-state index >= 15 is 0 Å². The topological polar surface area (TPSA) is 218 Å². The molecule has 1 aromatic carbocycles. The van der Waals surface area contributed by atoms with Crippen LogP contribution in [0.1, 0.15) is 57.1 Å². The molecule has 0 aliphatic carbocycles. The van der Waals surface area contributed by atoms with Crippen LogP contribution in [0.2, 0.25) is 0 Å². The first-order valence-corrected chi connectivity index (χ1v) is 14.0. The molecule has 6 N–H and O–H groups in total. The number of aliphatic carboxylic acids is 4. The largest absolute Gasteiger partial charge is 0.497 e. The van der Waals surface area contributed by atoms with Crippen LogP contribution >= 0.6 is 0 Å². The second-order valence-electron chi connectivity index (χ2n) is 9.90. The van der Waals surface area contributed by atoms with Gasteiger partial charge in [-0.1, -0.05) is 32.6 Å². The minimum atomic E-state index is -1.82. The smallest absolute Gasteiger partial charge is 0.414 e. The van der Waals surface area contributed by atoms with Crippen molar-refractivity contribution in [2.45, 2.75) is 57.6 Å². The molecule has 0 spiro atoms. The number of carboxylic acid groups (broad SMARTS) is 4. The van der Waals surface area contributed by atoms with E-state index in [0.717, 1.165) is 54.8 Å². The van der Waals surface area contributed by atoms with Gasteiger partial charge in [0.1, 0.15) is 5.75 Å². The number of fused-ring (bicyclic) bond motifs is 1. The summed E-state index contributed by atoms with van der Waals surface area (Å²) in [6.07, 6.45) is 8.37. The average Bonchev–Trinajstić information content (AvgIpc) is 2.98. The molecule has 2 aromatic rings. The van der Waals surface area contributed by atoms with E-state index in [2.05, 4.69) is 21.7 Å². The number of benzene rings is 1. The summed E-state index contributed by atoms with van der Waals surface area (Å²) in [6.45, 7) is 7.03. The van der Waals surface area contributed by atoms with Gasteiger partial charge in [-0.2, -0.15) is 0 Å². The van der Waals surface area contributed by atoms with E-state index in [1.54, 1.807) is 13.3 Å². The summed E-state index contributed by atoms with van der Waals surface area (Å²) >= 11 is 0. The van der Waals surface area contributed by atoms with Gasteiger partial charge >= 0.3 is 23.9 Å². The van der Waals surface area contributed by atoms with Crippen molar-refractivity contribution in [3.63, 3.8) is 0 Å². The van der Waals surface area contributed by atoms with Crippen molar-refractivity contribution in [3.8, 4) is 5.75 Å². The highest BCUT2D eigenvalue weighted by Gasteiger charge is 2.28. The third-order valence-electron chi connectivity index (χ3n) is 6.84. The highest BCUT2D eigenvalue weighted by molar-refractivity contribution is 6.27. The number of nitrogens with zero attached hydrogens (tertiary/aromatic N) is 3. The molecular formula is C29H43N3O11. The van der Waals surface area contributed by atoms with Gasteiger partial charge in [0.25, 0.3) is 0 Å². The highest BCUT2D eigenvalue weighted by atomic mass is 16.5. The third-order valence-corrected chi connectivity index (χ3v) is 6.84. The Balaban J connectivity index is 0.000000649. The Morgan fingerprint density at radius 1 is 0.953 bits per heavy atom. The number of aliphatic hydroxyl groups is 2. The van der Waals surface area contributed by atoms with Crippen molar-refractivity contribution < 1.29 is 54.6 Å². The molecule has 1 aliphatic rings. The Labute approximate surface area is 250 Å². The third kappa shape index (κ3) is 13.8. The fraction of sp³-hybridized carbons (Fsp3) is 0.552. The minimum Gasteiger partial charge on any atom is -0.497 e. The van der Waals surface area contributed by atoms with Crippen LogP contribution in [0.25, 0.3) is 10.9 Å². The molecule has 0 saturated carbocycles. The van der Waals surface area contributed by atoms with Gasteiger partial charge in [-0.3, -0.25) is 9.88 Å². The molecule has 3 rings (SSSR count). The molecule has 1 saturated heterocycles. The van der Waals surface area contributed by atoms with E-state index in [0.29, 0.717) is 6.54 Å². The van der Waals surface area contributed by atoms with Gasteiger partial charge in [-0.15, -0.1) is 0 Å². The van der Waals surface area contributed by atoms with Crippen LogP contribution in [0.15, 0.2) is 30.5 Å². The number of carboxylic acids is 4. The van der Waals surface area contributed by atoms with Crippen LogP contribution in [0.5, 0.6) is 5.75 Å². The van der Waals surface area contributed by atoms with Crippen molar-refractivity contribution in [1.82, 2.24) is 14.8 Å². The van der Waals surface area contributed by atoms with E-state index in [9.17, 15) is 10.2 Å². The van der Waals surface area contributed by atoms with Gasteiger partial charge in [0, 0.05) is 50.4 Å². The van der Waals surface area contributed by atoms with Gasteiger partial charge in [0.15, 0.2) is 0 Å². The first-order chi connectivity index (χ1) is 20.4. The zero-order valence-corrected chi connectivity index (χ0v) is 24.6. The van der Waals surface area contributed by atoms with Crippen LogP contribution < -0.4 is 4.74 Å². The fourth-order valence-electron chi connectivity index (χ4n) is 4.65. The molecule has 0 radical (unpaired) electrons. The lowest BCUT2D eigenvalue weighted by molar-refractivity contribution is -0.159. The molecule has 2 heterocycles. The van der Waals surface area contributed by atoms with Crippen molar-refractivity contribution in [3.05, 3.63) is 36.0 Å². The molecular weight excluding hydrogens is 566 g/mol. The molecule has 14 heteroatoms. The van der Waals surface area contributed by atoms with E-state index in [4.69, 9.17) is 44.3 Å². The number of aliphatic hydroxyl groups excluding tert-OH is 2. The molecule has 14 nitrogen and oxygen atoms in total. The summed E-state index contributed by atoms with van der Waals surface area (Å²) in [7, 11) is 1.65. The summed E-state index contributed by atoms with van der Waals surface area (Å²) in [5, 5.41) is 51.2. The molecule has 1 aromatic heterocycles. The van der Waals surface area contributed by atoms with Crippen LogP contribution in [0.3, 0.4) is 0 Å². The Morgan fingerprint density at radius 2 is 1.58 bits per heavy atom. The fourth-order valence-corrected chi connectivity index (χ4v) is 4.65. The zero-order valence-electron chi connectivity index (χ0n) is 24.6. The van der Waals surface area contributed by atoms with Crippen molar-refractivity contribution >= 4 is 34.8 Å². The van der Waals surface area contributed by atoms with Gasteiger partial charge in [-0.25, -0.2) is 19.2 Å². The molecule has 1 unspecified atom stereocenters. The van der Waals surface area contributed by atoms with E-state index in [-0.39, 0.29) is 12.6 Å². The lowest BCUT2D eigenvalue weighted by atomic mass is 10.0. The van der Waals surface area contributed by atoms with Gasteiger partial charge < -0.3 is 40.3 Å². The Kier molecular flexibility index (Phi) is 17.4. The molecule has 0 amide bonds. The minimum absolute atomic E-state index is 0.178. The van der Waals surface area contributed by atoms with E-state index in [1.165, 1.54) is 32.1 Å². The number of rotatable bonds is 12. The molecule has 2 atom stereocenters. The summed E-state index contributed by atoms with van der Waals surface area (Å²) in [5.41, 5.74) is 1.74. The quantitative estimate of drug-likeness (QED) is 0.150. The number of carbonyl (C=O) groups is 4.